The van der Waals surface area contributed by atoms with E-state index in [1.54, 1.807) is 12.1 Å². The van der Waals surface area contributed by atoms with E-state index < -0.39 is 9.85 Å². The van der Waals surface area contributed by atoms with Crippen molar-refractivity contribution < 1.29 is 20.1 Å². The predicted octanol–water partition coefficient (Wildman–Crippen LogP) is 2.60. The summed E-state index contributed by atoms with van der Waals surface area (Å²) >= 11 is 0. The zero-order valence-electron chi connectivity index (χ0n) is 10.0. The molecule has 2 aromatic carbocycles. The molecule has 0 unspecified atom stereocenters. The van der Waals surface area contributed by atoms with Gasteiger partial charge in [0.2, 0.25) is 0 Å². The topological polar surface area (TPSA) is 127 Å². The number of nitrogens with zero attached hydrogens (tertiary/aromatic N) is 2. The number of phenolic OH excluding ortho intramolecular Hbond substituents is 2. The molecule has 2 aromatic rings. The molecular formula is C12H10N2O6. The zero-order valence-corrected chi connectivity index (χ0v) is 10.0. The van der Waals surface area contributed by atoms with Crippen molar-refractivity contribution in [3.63, 3.8) is 0 Å². The van der Waals surface area contributed by atoms with Crippen molar-refractivity contribution in [3.05, 3.63) is 68.8 Å². The lowest BCUT2D eigenvalue weighted by molar-refractivity contribution is -0.389. The van der Waals surface area contributed by atoms with Crippen LogP contribution in [0.2, 0.25) is 0 Å². The SMILES string of the molecule is O=[N+]([O-])c1ccc([N+](=O)[O-])cc1.Oc1ccccc1O. The van der Waals surface area contributed by atoms with Gasteiger partial charge in [-0.1, -0.05) is 12.1 Å². The van der Waals surface area contributed by atoms with E-state index >= 15 is 0 Å². The molecule has 0 aromatic heterocycles. The summed E-state index contributed by atoms with van der Waals surface area (Å²) in [6.45, 7) is 0. The molecule has 0 atom stereocenters. The molecule has 8 heteroatoms. The molecule has 0 aliphatic heterocycles. The lowest BCUT2D eigenvalue weighted by atomic mass is 10.3. The molecule has 104 valence electrons. The zero-order chi connectivity index (χ0) is 15.1. The van der Waals surface area contributed by atoms with Gasteiger partial charge in [-0.2, -0.15) is 0 Å². The maximum Gasteiger partial charge on any atom is 0.269 e. The van der Waals surface area contributed by atoms with Crippen molar-refractivity contribution in [3.8, 4) is 11.5 Å². The molecule has 0 saturated carbocycles. The smallest absolute Gasteiger partial charge is 0.269 e. The molecule has 2 rings (SSSR count). The fourth-order valence-corrected chi connectivity index (χ4v) is 1.16. The highest BCUT2D eigenvalue weighted by molar-refractivity contribution is 5.39. The van der Waals surface area contributed by atoms with Crippen molar-refractivity contribution in [2.75, 3.05) is 0 Å². The van der Waals surface area contributed by atoms with Crippen molar-refractivity contribution in [2.45, 2.75) is 0 Å². The summed E-state index contributed by atoms with van der Waals surface area (Å²) < 4.78 is 0. The first-order valence-electron chi connectivity index (χ1n) is 5.27. The van der Waals surface area contributed by atoms with Crippen molar-refractivity contribution in [2.24, 2.45) is 0 Å². The number of nitro groups is 2. The minimum absolute atomic E-state index is 0.0764. The number of benzene rings is 2. The van der Waals surface area contributed by atoms with Gasteiger partial charge < -0.3 is 10.2 Å². The first-order valence-corrected chi connectivity index (χ1v) is 5.27. The first-order chi connectivity index (χ1) is 9.41. The van der Waals surface area contributed by atoms with Crippen molar-refractivity contribution in [1.29, 1.82) is 0 Å². The fourth-order valence-electron chi connectivity index (χ4n) is 1.16. The predicted molar refractivity (Wildman–Crippen MR) is 69.5 cm³/mol. The van der Waals surface area contributed by atoms with Gasteiger partial charge >= 0.3 is 0 Å². The van der Waals surface area contributed by atoms with E-state index in [0.717, 1.165) is 24.3 Å². The largest absolute Gasteiger partial charge is 0.504 e. The molecule has 0 aliphatic carbocycles. The van der Waals surface area contributed by atoms with Gasteiger partial charge in [-0.15, -0.1) is 0 Å². The van der Waals surface area contributed by atoms with Gasteiger partial charge in [0.05, 0.1) is 9.85 Å². The summed E-state index contributed by atoms with van der Waals surface area (Å²) in [7, 11) is 0. The number of hydrogen-bond donors (Lipinski definition) is 2. The van der Waals surface area contributed by atoms with E-state index in [-0.39, 0.29) is 22.9 Å². The van der Waals surface area contributed by atoms with Gasteiger partial charge in [-0.25, -0.2) is 0 Å². The van der Waals surface area contributed by atoms with Crippen LogP contribution in [0.3, 0.4) is 0 Å². The van der Waals surface area contributed by atoms with Gasteiger partial charge in [-0.3, -0.25) is 20.2 Å². The second-order valence-electron chi connectivity index (χ2n) is 3.52. The Morgan fingerprint density at radius 3 is 1.20 bits per heavy atom. The van der Waals surface area contributed by atoms with Crippen molar-refractivity contribution in [1.82, 2.24) is 0 Å². The second kappa shape index (κ2) is 6.69. The Morgan fingerprint density at radius 1 is 0.700 bits per heavy atom. The fraction of sp³-hybridized carbons (Fsp3) is 0. The molecule has 8 nitrogen and oxygen atoms in total. The van der Waals surface area contributed by atoms with E-state index in [2.05, 4.69) is 0 Å². The number of hydrogen-bond acceptors (Lipinski definition) is 6. The van der Waals surface area contributed by atoms with Crippen LogP contribution in [0.1, 0.15) is 0 Å². The van der Waals surface area contributed by atoms with Crippen LogP contribution >= 0.6 is 0 Å². The minimum atomic E-state index is -0.607. The lowest BCUT2D eigenvalue weighted by Gasteiger charge is -1.91. The summed E-state index contributed by atoms with van der Waals surface area (Å²) in [5.41, 5.74) is -0.304. The van der Waals surface area contributed by atoms with Gasteiger partial charge in [-0.05, 0) is 12.1 Å². The van der Waals surface area contributed by atoms with Crippen LogP contribution in [-0.4, -0.2) is 20.1 Å². The van der Waals surface area contributed by atoms with Crippen LogP contribution in [0.25, 0.3) is 0 Å². The average Bonchev–Trinajstić information content (AvgIpc) is 2.43. The standard InChI is InChI=1S/C6H4N2O4.C6H6O2/c9-7(10)5-1-2-6(4-3-5)8(11)12;7-5-3-1-2-4-6(5)8/h1-4H;1-4,7-8H. The third-order valence-electron chi connectivity index (χ3n) is 2.15. The Bertz CT molecular complexity index is 558. The summed E-state index contributed by atoms with van der Waals surface area (Å²) in [6.07, 6.45) is 0. The number of aromatic hydroxyl groups is 2. The van der Waals surface area contributed by atoms with Crippen LogP contribution in [0.15, 0.2) is 48.5 Å². The van der Waals surface area contributed by atoms with Crippen LogP contribution in [0, 0.1) is 20.2 Å². The summed E-state index contributed by atoms with van der Waals surface area (Å²) in [5, 5.41) is 37.6. The Hall–Kier alpha value is -3.16. The Morgan fingerprint density at radius 2 is 1.00 bits per heavy atom. The monoisotopic (exact) mass is 278 g/mol. The number of rotatable bonds is 2. The molecular weight excluding hydrogens is 268 g/mol. The summed E-state index contributed by atoms with van der Waals surface area (Å²) in [4.78, 5) is 19.0. The molecule has 0 radical (unpaired) electrons. The highest BCUT2D eigenvalue weighted by Gasteiger charge is 2.08. The van der Waals surface area contributed by atoms with Crippen LogP contribution in [0.5, 0.6) is 11.5 Å². The van der Waals surface area contributed by atoms with Crippen LogP contribution in [-0.2, 0) is 0 Å². The third-order valence-corrected chi connectivity index (χ3v) is 2.15. The van der Waals surface area contributed by atoms with Gasteiger partial charge in [0, 0.05) is 24.3 Å². The number of non-ortho nitro benzene ring substituents is 2. The number of para-hydroxylation sites is 2. The molecule has 0 spiro atoms. The van der Waals surface area contributed by atoms with E-state index in [9.17, 15) is 20.2 Å². The third kappa shape index (κ3) is 4.26. The van der Waals surface area contributed by atoms with Gasteiger partial charge in [0.1, 0.15) is 0 Å². The van der Waals surface area contributed by atoms with E-state index in [1.807, 2.05) is 0 Å². The Balaban J connectivity index is 0.000000217. The van der Waals surface area contributed by atoms with Gasteiger partial charge in [0.25, 0.3) is 11.4 Å². The first kappa shape index (κ1) is 14.9. The molecule has 0 aliphatic rings. The highest BCUT2D eigenvalue weighted by atomic mass is 16.6. The molecule has 2 N–H and O–H groups in total. The van der Waals surface area contributed by atoms with Crippen LogP contribution in [0.4, 0.5) is 11.4 Å². The van der Waals surface area contributed by atoms with Crippen LogP contribution < -0.4 is 0 Å². The molecule has 0 heterocycles. The highest BCUT2D eigenvalue weighted by Crippen LogP contribution is 2.21. The maximum absolute atomic E-state index is 10.1. The second-order valence-corrected chi connectivity index (χ2v) is 3.52. The number of phenols is 2. The van der Waals surface area contributed by atoms with E-state index in [4.69, 9.17) is 10.2 Å². The average molecular weight is 278 g/mol. The summed E-state index contributed by atoms with van der Waals surface area (Å²) in [6, 6.07) is 10.5. The number of nitro benzene ring substituents is 2. The molecule has 0 bridgehead atoms. The molecule has 0 fully saturated rings. The lowest BCUT2D eigenvalue weighted by Crippen LogP contribution is -1.90. The van der Waals surface area contributed by atoms with Gasteiger partial charge in [0.15, 0.2) is 11.5 Å². The quantitative estimate of drug-likeness (QED) is 0.493. The van der Waals surface area contributed by atoms with Crippen molar-refractivity contribution >= 4 is 11.4 Å². The Labute approximate surface area is 112 Å². The maximum atomic E-state index is 10.1. The summed E-state index contributed by atoms with van der Waals surface area (Å²) in [5.74, 6) is -0.153. The minimum Gasteiger partial charge on any atom is -0.504 e. The van der Waals surface area contributed by atoms with E-state index in [1.165, 1.54) is 12.1 Å². The molecule has 20 heavy (non-hydrogen) atoms. The normalized spacial score (nSPS) is 9.20. The molecule has 0 amide bonds. The van der Waals surface area contributed by atoms with E-state index in [0.29, 0.717) is 0 Å². The Kier molecular flexibility index (Phi) is 4.98. The molecule has 0 saturated heterocycles.